The molecule has 1 aromatic carbocycles. The maximum Gasteiger partial charge on any atom is 0.227 e. The average molecular weight is 315 g/mol. The van der Waals surface area contributed by atoms with Crippen molar-refractivity contribution in [2.45, 2.75) is 19.9 Å². The molecule has 3 rings (SSSR count). The summed E-state index contributed by atoms with van der Waals surface area (Å²) < 4.78 is 5.24. The van der Waals surface area contributed by atoms with Crippen molar-refractivity contribution in [3.8, 4) is 5.75 Å². The van der Waals surface area contributed by atoms with E-state index in [1.807, 2.05) is 17.9 Å². The number of amides is 1. The van der Waals surface area contributed by atoms with Crippen molar-refractivity contribution in [2.24, 2.45) is 0 Å². The number of phenols is 1. The fraction of sp³-hybridized carbons (Fsp3) is 0.412. The number of hydrogen-bond donors (Lipinski definition) is 1. The van der Waals surface area contributed by atoms with Gasteiger partial charge in [0.1, 0.15) is 5.75 Å². The Kier molecular flexibility index (Phi) is 4.62. The zero-order chi connectivity index (χ0) is 16.2. The van der Waals surface area contributed by atoms with E-state index >= 15 is 0 Å². The smallest absolute Gasteiger partial charge is 0.227 e. The van der Waals surface area contributed by atoms with Gasteiger partial charge in [0.2, 0.25) is 5.91 Å². The number of phenolic OH excluding ortho intramolecular Hbond substituents is 1. The van der Waals surface area contributed by atoms with Gasteiger partial charge >= 0.3 is 0 Å². The van der Waals surface area contributed by atoms with Gasteiger partial charge < -0.3 is 14.5 Å². The highest BCUT2D eigenvalue weighted by molar-refractivity contribution is 5.78. The molecule has 0 aliphatic carbocycles. The van der Waals surface area contributed by atoms with Crippen LogP contribution in [0.3, 0.4) is 0 Å². The van der Waals surface area contributed by atoms with Crippen molar-refractivity contribution >= 4 is 5.91 Å². The van der Waals surface area contributed by atoms with Crippen LogP contribution in [0.4, 0.5) is 0 Å². The van der Waals surface area contributed by atoms with Gasteiger partial charge in [0.15, 0.2) is 5.76 Å². The fourth-order valence-corrected chi connectivity index (χ4v) is 2.77. The molecule has 0 bridgehead atoms. The number of benzene rings is 1. The summed E-state index contributed by atoms with van der Waals surface area (Å²) >= 11 is 0. The molecular formula is C17H21N3O3. The first kappa shape index (κ1) is 15.6. The van der Waals surface area contributed by atoms with Gasteiger partial charge in [-0.2, -0.15) is 0 Å². The molecule has 2 aromatic rings. The summed E-state index contributed by atoms with van der Waals surface area (Å²) in [4.78, 5) is 16.5. The van der Waals surface area contributed by atoms with Crippen LogP contribution in [0.2, 0.25) is 0 Å². The van der Waals surface area contributed by atoms with Crippen molar-refractivity contribution in [1.29, 1.82) is 0 Å². The van der Waals surface area contributed by atoms with Gasteiger partial charge in [-0.25, -0.2) is 0 Å². The van der Waals surface area contributed by atoms with E-state index < -0.39 is 0 Å². The number of carbonyl (C=O) groups excluding carboxylic acids is 1. The normalized spacial score (nSPS) is 15.8. The predicted molar refractivity (Wildman–Crippen MR) is 84.9 cm³/mol. The molecule has 2 heterocycles. The third-order valence-corrected chi connectivity index (χ3v) is 4.07. The molecular weight excluding hydrogens is 294 g/mol. The second-order valence-electron chi connectivity index (χ2n) is 5.93. The molecule has 122 valence electrons. The van der Waals surface area contributed by atoms with Gasteiger partial charge in [0.05, 0.1) is 18.7 Å². The van der Waals surface area contributed by atoms with Gasteiger partial charge in [-0.3, -0.25) is 9.69 Å². The molecule has 1 amide bonds. The molecule has 1 aliphatic heterocycles. The standard InChI is InChI=1S/C17H21N3O3/c1-13-10-16(23-18-13)12-19-6-8-20(9-7-19)17(22)11-14-2-4-15(21)5-3-14/h2-5,10,21H,6-9,11-12H2,1H3. The van der Waals surface area contributed by atoms with E-state index in [2.05, 4.69) is 10.1 Å². The second kappa shape index (κ2) is 6.83. The SMILES string of the molecule is Cc1cc(CN2CCN(C(=O)Cc3ccc(O)cc3)CC2)on1. The molecule has 0 radical (unpaired) electrons. The van der Waals surface area contributed by atoms with E-state index in [0.717, 1.165) is 49.7 Å². The summed E-state index contributed by atoms with van der Waals surface area (Å²) in [6.07, 6.45) is 0.377. The maximum absolute atomic E-state index is 12.3. The lowest BCUT2D eigenvalue weighted by Gasteiger charge is -2.34. The highest BCUT2D eigenvalue weighted by atomic mass is 16.5. The summed E-state index contributed by atoms with van der Waals surface area (Å²) in [6, 6.07) is 8.74. The van der Waals surface area contributed by atoms with Crippen LogP contribution < -0.4 is 0 Å². The van der Waals surface area contributed by atoms with Gasteiger partial charge in [0.25, 0.3) is 0 Å². The Hall–Kier alpha value is -2.34. The Bertz CT molecular complexity index is 658. The van der Waals surface area contributed by atoms with E-state index in [9.17, 15) is 9.90 Å². The lowest BCUT2D eigenvalue weighted by molar-refractivity contribution is -0.132. The summed E-state index contributed by atoms with van der Waals surface area (Å²) in [5, 5.41) is 13.2. The van der Waals surface area contributed by atoms with Gasteiger partial charge in [-0.1, -0.05) is 17.3 Å². The molecule has 0 spiro atoms. The second-order valence-corrected chi connectivity index (χ2v) is 5.93. The van der Waals surface area contributed by atoms with Crippen LogP contribution in [0, 0.1) is 6.92 Å². The molecule has 23 heavy (non-hydrogen) atoms. The molecule has 1 aromatic heterocycles. The monoisotopic (exact) mass is 315 g/mol. The number of aromatic nitrogens is 1. The fourth-order valence-electron chi connectivity index (χ4n) is 2.77. The average Bonchev–Trinajstić information content (AvgIpc) is 2.95. The van der Waals surface area contributed by atoms with Crippen LogP contribution in [-0.4, -0.2) is 52.1 Å². The van der Waals surface area contributed by atoms with E-state index in [1.54, 1.807) is 24.3 Å². The van der Waals surface area contributed by atoms with Crippen LogP contribution in [0.1, 0.15) is 17.0 Å². The summed E-state index contributed by atoms with van der Waals surface area (Å²) in [7, 11) is 0. The van der Waals surface area contributed by atoms with E-state index in [-0.39, 0.29) is 11.7 Å². The minimum atomic E-state index is 0.130. The van der Waals surface area contributed by atoms with E-state index in [1.165, 1.54) is 0 Å². The summed E-state index contributed by atoms with van der Waals surface area (Å²) in [5.74, 6) is 1.22. The number of piperazine rings is 1. The van der Waals surface area contributed by atoms with Crippen molar-refractivity contribution in [1.82, 2.24) is 15.0 Å². The number of hydrogen-bond acceptors (Lipinski definition) is 5. The topological polar surface area (TPSA) is 69.8 Å². The Morgan fingerprint density at radius 1 is 1.22 bits per heavy atom. The first-order chi connectivity index (χ1) is 11.1. The first-order valence-electron chi connectivity index (χ1n) is 7.80. The molecule has 1 saturated heterocycles. The number of aryl methyl sites for hydroxylation is 1. The Morgan fingerprint density at radius 2 is 1.91 bits per heavy atom. The molecule has 0 unspecified atom stereocenters. The van der Waals surface area contributed by atoms with Crippen LogP contribution >= 0.6 is 0 Å². The van der Waals surface area contributed by atoms with Crippen LogP contribution in [-0.2, 0) is 17.8 Å². The van der Waals surface area contributed by atoms with Crippen molar-refractivity contribution < 1.29 is 14.4 Å². The first-order valence-corrected chi connectivity index (χ1v) is 7.80. The zero-order valence-electron chi connectivity index (χ0n) is 13.2. The highest BCUT2D eigenvalue weighted by Crippen LogP contribution is 2.13. The molecule has 1 aliphatic rings. The summed E-state index contributed by atoms with van der Waals surface area (Å²) in [5.41, 5.74) is 1.81. The minimum Gasteiger partial charge on any atom is -0.508 e. The molecule has 6 nitrogen and oxygen atoms in total. The van der Waals surface area contributed by atoms with Crippen LogP contribution in [0.25, 0.3) is 0 Å². The quantitative estimate of drug-likeness (QED) is 0.927. The Morgan fingerprint density at radius 3 is 2.52 bits per heavy atom. The minimum absolute atomic E-state index is 0.130. The number of rotatable bonds is 4. The van der Waals surface area contributed by atoms with E-state index in [4.69, 9.17) is 4.52 Å². The number of carbonyl (C=O) groups is 1. The van der Waals surface area contributed by atoms with Crippen molar-refractivity contribution in [2.75, 3.05) is 26.2 Å². The third-order valence-electron chi connectivity index (χ3n) is 4.07. The lowest BCUT2D eigenvalue weighted by atomic mass is 10.1. The highest BCUT2D eigenvalue weighted by Gasteiger charge is 2.22. The van der Waals surface area contributed by atoms with E-state index in [0.29, 0.717) is 6.42 Å². The third kappa shape index (κ3) is 4.10. The maximum atomic E-state index is 12.3. The zero-order valence-corrected chi connectivity index (χ0v) is 13.2. The summed E-state index contributed by atoms with van der Waals surface area (Å²) in [6.45, 7) is 5.77. The number of nitrogens with zero attached hydrogens (tertiary/aromatic N) is 3. The van der Waals surface area contributed by atoms with Crippen LogP contribution in [0.15, 0.2) is 34.9 Å². The van der Waals surface area contributed by atoms with Gasteiger partial charge in [-0.15, -0.1) is 0 Å². The molecule has 0 saturated carbocycles. The lowest BCUT2D eigenvalue weighted by Crippen LogP contribution is -2.48. The Balaban J connectivity index is 1.48. The van der Waals surface area contributed by atoms with Gasteiger partial charge in [-0.05, 0) is 24.6 Å². The largest absolute Gasteiger partial charge is 0.508 e. The predicted octanol–water partition coefficient (Wildman–Crippen LogP) is 1.58. The van der Waals surface area contributed by atoms with Crippen molar-refractivity contribution in [3.05, 3.63) is 47.3 Å². The Labute approximate surface area is 135 Å². The van der Waals surface area contributed by atoms with Crippen molar-refractivity contribution in [3.63, 3.8) is 0 Å². The molecule has 0 atom stereocenters. The molecule has 1 N–H and O–H groups in total. The molecule has 6 heteroatoms. The number of aromatic hydroxyl groups is 1. The molecule has 1 fully saturated rings. The van der Waals surface area contributed by atoms with Gasteiger partial charge in [0, 0.05) is 32.2 Å². The van der Waals surface area contributed by atoms with Crippen LogP contribution in [0.5, 0.6) is 5.75 Å².